The molecule has 1 aliphatic rings. The first kappa shape index (κ1) is 16.1. The molecule has 1 nitrogen and oxygen atoms in total. The number of hydrogen-bond donors (Lipinski definition) is 0. The zero-order chi connectivity index (χ0) is 16.8. The molecule has 3 rings (SSSR count). The minimum atomic E-state index is -4.37. The largest absolute Gasteiger partial charge is 0.494 e. The summed E-state index contributed by atoms with van der Waals surface area (Å²) >= 11 is 6.29. The highest BCUT2D eigenvalue weighted by molar-refractivity contribution is 6.23. The smallest absolute Gasteiger partial charge is 0.340 e. The second-order valence-electron chi connectivity index (χ2n) is 5.28. The van der Waals surface area contributed by atoms with Gasteiger partial charge in [0.15, 0.2) is 0 Å². The van der Waals surface area contributed by atoms with Gasteiger partial charge in [-0.25, -0.2) is 0 Å². The first-order valence-electron chi connectivity index (χ1n) is 7.07. The van der Waals surface area contributed by atoms with Crippen molar-refractivity contribution in [1.29, 1.82) is 0 Å². The van der Waals surface area contributed by atoms with Gasteiger partial charge in [-0.15, -0.1) is 11.6 Å². The van der Waals surface area contributed by atoms with E-state index in [1.807, 2.05) is 0 Å². The van der Waals surface area contributed by atoms with Gasteiger partial charge in [-0.05, 0) is 36.2 Å². The van der Waals surface area contributed by atoms with E-state index in [1.165, 1.54) is 30.3 Å². The van der Waals surface area contributed by atoms with Crippen LogP contribution >= 0.6 is 11.6 Å². The lowest BCUT2D eigenvalue weighted by Crippen LogP contribution is -2.35. The van der Waals surface area contributed by atoms with Crippen molar-refractivity contribution in [3.63, 3.8) is 0 Å². The molecule has 0 amide bonds. The van der Waals surface area contributed by atoms with E-state index in [0.29, 0.717) is 12.4 Å². The maximum absolute atomic E-state index is 14.6. The molecule has 0 bridgehead atoms. The van der Waals surface area contributed by atoms with E-state index >= 15 is 0 Å². The van der Waals surface area contributed by atoms with Crippen LogP contribution in [0.2, 0.25) is 0 Å². The Labute approximate surface area is 135 Å². The summed E-state index contributed by atoms with van der Waals surface area (Å²) in [4.78, 5) is 0. The molecule has 1 atom stereocenters. The summed E-state index contributed by atoms with van der Waals surface area (Å²) in [5.74, 6) is -8.41. The Kier molecular flexibility index (Phi) is 3.79. The van der Waals surface area contributed by atoms with Crippen LogP contribution in [0.3, 0.4) is 0 Å². The number of alkyl halides is 5. The van der Waals surface area contributed by atoms with Crippen molar-refractivity contribution in [3.8, 4) is 5.75 Å². The molecule has 0 saturated carbocycles. The molecule has 0 saturated heterocycles. The van der Waals surface area contributed by atoms with Gasteiger partial charge in [0.05, 0.1) is 12.0 Å². The van der Waals surface area contributed by atoms with E-state index in [9.17, 15) is 17.6 Å². The van der Waals surface area contributed by atoms with E-state index < -0.39 is 28.3 Å². The van der Waals surface area contributed by atoms with Crippen molar-refractivity contribution in [3.05, 3.63) is 64.7 Å². The average Bonchev–Trinajstić information content (AvgIpc) is 2.57. The zero-order valence-corrected chi connectivity index (χ0v) is 12.9. The Morgan fingerprint density at radius 3 is 2.22 bits per heavy atom. The summed E-state index contributed by atoms with van der Waals surface area (Å²) in [5, 5.41) is -1.11. The number of fused-ring (bicyclic) bond motifs is 2. The molecular formula is C17H13ClF4O. The molecule has 0 aromatic heterocycles. The molecule has 0 fully saturated rings. The minimum absolute atomic E-state index is 0.0220. The molecule has 0 heterocycles. The van der Waals surface area contributed by atoms with E-state index in [1.54, 1.807) is 6.92 Å². The van der Waals surface area contributed by atoms with Crippen molar-refractivity contribution in [2.75, 3.05) is 6.61 Å². The standard InChI is InChI=1S/C17H13ClF4O/c1-2-23-10-7-8-14-12(9-10)15(18)11-5-3-4-6-13(11)16(19,20)17(14,21)22/h3-9,15H,2H2,1H3. The average molecular weight is 345 g/mol. The Balaban J connectivity index is 2.32. The van der Waals surface area contributed by atoms with Gasteiger partial charge in [-0.2, -0.15) is 17.6 Å². The van der Waals surface area contributed by atoms with Crippen LogP contribution in [0.15, 0.2) is 42.5 Å². The van der Waals surface area contributed by atoms with E-state index in [2.05, 4.69) is 0 Å². The number of rotatable bonds is 2. The summed E-state index contributed by atoms with van der Waals surface area (Å²) in [6, 6.07) is 8.67. The third-order valence-corrected chi connectivity index (χ3v) is 4.38. The van der Waals surface area contributed by atoms with Gasteiger partial charge in [-0.3, -0.25) is 0 Å². The normalized spacial score (nSPS) is 21.0. The quantitative estimate of drug-likeness (QED) is 0.508. The first-order chi connectivity index (χ1) is 10.8. The van der Waals surface area contributed by atoms with Crippen molar-refractivity contribution < 1.29 is 22.3 Å². The van der Waals surface area contributed by atoms with Crippen LogP contribution in [0.25, 0.3) is 0 Å². The van der Waals surface area contributed by atoms with Crippen LogP contribution < -0.4 is 4.74 Å². The van der Waals surface area contributed by atoms with Gasteiger partial charge in [0.2, 0.25) is 0 Å². The fourth-order valence-electron chi connectivity index (χ4n) is 2.80. The lowest BCUT2D eigenvalue weighted by Gasteiger charge is -2.27. The van der Waals surface area contributed by atoms with Crippen molar-refractivity contribution >= 4 is 11.6 Å². The first-order valence-corrected chi connectivity index (χ1v) is 7.50. The van der Waals surface area contributed by atoms with Crippen molar-refractivity contribution in [2.24, 2.45) is 0 Å². The molecule has 0 aliphatic heterocycles. The highest BCUT2D eigenvalue weighted by Crippen LogP contribution is 2.57. The Hall–Kier alpha value is -1.75. The van der Waals surface area contributed by atoms with Gasteiger partial charge in [0.1, 0.15) is 5.75 Å². The van der Waals surface area contributed by atoms with E-state index in [4.69, 9.17) is 16.3 Å². The van der Waals surface area contributed by atoms with Crippen molar-refractivity contribution in [1.82, 2.24) is 0 Å². The lowest BCUT2D eigenvalue weighted by atomic mass is 9.96. The Morgan fingerprint density at radius 1 is 0.957 bits per heavy atom. The number of benzene rings is 2. The summed E-state index contributed by atoms with van der Waals surface area (Å²) < 4.78 is 63.4. The maximum atomic E-state index is 14.6. The monoisotopic (exact) mass is 344 g/mol. The maximum Gasteiger partial charge on any atom is 0.340 e. The number of ether oxygens (including phenoxy) is 1. The van der Waals surface area contributed by atoms with E-state index in [-0.39, 0.29) is 11.1 Å². The van der Waals surface area contributed by atoms with Crippen LogP contribution in [0.4, 0.5) is 17.6 Å². The molecule has 122 valence electrons. The molecule has 2 aromatic rings. The highest BCUT2D eigenvalue weighted by Gasteiger charge is 2.62. The van der Waals surface area contributed by atoms with Gasteiger partial charge in [0.25, 0.3) is 0 Å². The molecule has 0 spiro atoms. The summed E-state index contributed by atoms with van der Waals surface area (Å²) in [7, 11) is 0. The topological polar surface area (TPSA) is 9.23 Å². The summed E-state index contributed by atoms with van der Waals surface area (Å²) in [5.41, 5.74) is -1.61. The van der Waals surface area contributed by atoms with Crippen molar-refractivity contribution in [2.45, 2.75) is 24.1 Å². The van der Waals surface area contributed by atoms with Crippen LogP contribution in [-0.4, -0.2) is 6.61 Å². The fourth-order valence-corrected chi connectivity index (χ4v) is 3.17. The Morgan fingerprint density at radius 2 is 1.57 bits per heavy atom. The molecule has 1 aliphatic carbocycles. The van der Waals surface area contributed by atoms with E-state index in [0.717, 1.165) is 12.1 Å². The molecule has 6 heteroatoms. The molecule has 0 radical (unpaired) electrons. The second-order valence-corrected chi connectivity index (χ2v) is 5.72. The number of halogens is 5. The Bertz CT molecular complexity index is 745. The van der Waals surface area contributed by atoms with Gasteiger partial charge in [-0.1, -0.05) is 24.3 Å². The van der Waals surface area contributed by atoms with Gasteiger partial charge < -0.3 is 4.74 Å². The molecule has 1 unspecified atom stereocenters. The third kappa shape index (κ3) is 2.29. The highest BCUT2D eigenvalue weighted by atomic mass is 35.5. The predicted molar refractivity (Wildman–Crippen MR) is 79.5 cm³/mol. The third-order valence-electron chi connectivity index (χ3n) is 3.91. The number of hydrogen-bond acceptors (Lipinski definition) is 1. The van der Waals surface area contributed by atoms with Gasteiger partial charge >= 0.3 is 11.8 Å². The zero-order valence-electron chi connectivity index (χ0n) is 12.1. The molecular weight excluding hydrogens is 332 g/mol. The molecule has 0 N–H and O–H groups in total. The summed E-state index contributed by atoms with van der Waals surface area (Å²) in [6.07, 6.45) is 0. The summed E-state index contributed by atoms with van der Waals surface area (Å²) in [6.45, 7) is 2.07. The minimum Gasteiger partial charge on any atom is -0.494 e. The second kappa shape index (κ2) is 5.41. The van der Waals surface area contributed by atoms with Crippen LogP contribution in [0.5, 0.6) is 5.75 Å². The molecule has 23 heavy (non-hydrogen) atoms. The predicted octanol–water partition coefficient (Wildman–Crippen LogP) is 5.61. The SMILES string of the molecule is CCOc1ccc2c(c1)C(Cl)c1ccccc1C(F)(F)C2(F)F. The van der Waals surface area contributed by atoms with Gasteiger partial charge in [0, 0.05) is 11.1 Å². The lowest BCUT2D eigenvalue weighted by molar-refractivity contribution is -0.223. The van der Waals surface area contributed by atoms with Crippen LogP contribution in [0, 0.1) is 0 Å². The fraction of sp³-hybridized carbons (Fsp3) is 0.294. The molecule has 2 aromatic carbocycles. The van der Waals surface area contributed by atoms with Crippen LogP contribution in [0.1, 0.15) is 34.6 Å². The van der Waals surface area contributed by atoms with Crippen LogP contribution in [-0.2, 0) is 11.8 Å².